The average molecular weight is 414 g/mol. The highest BCUT2D eigenvalue weighted by atomic mass is 35.5. The smallest absolute Gasteiger partial charge is 0.338 e. The molecule has 0 heterocycles. The minimum absolute atomic E-state index is 0.0476. The molecule has 2 rings (SSSR count). The fourth-order valence-electron chi connectivity index (χ4n) is 2.05. The number of benzene rings is 2. The van der Waals surface area contributed by atoms with Gasteiger partial charge in [-0.2, -0.15) is 0 Å². The topological polar surface area (TPSA) is 105 Å². The molecule has 0 fully saturated rings. The number of nitro groups is 1. The van der Waals surface area contributed by atoms with Gasteiger partial charge in [0.15, 0.2) is 5.75 Å². The summed E-state index contributed by atoms with van der Waals surface area (Å²) in [6.07, 6.45) is 0. The number of hydrogen-bond donors (Lipinski definition) is 0. The lowest BCUT2D eigenvalue weighted by molar-refractivity contribution is -0.384. The van der Waals surface area contributed by atoms with Crippen LogP contribution in [0.2, 0.25) is 10.0 Å². The van der Waals surface area contributed by atoms with Crippen LogP contribution in [0.1, 0.15) is 20.7 Å². The lowest BCUT2D eigenvalue weighted by atomic mass is 10.1. The number of rotatable bonds is 7. The minimum atomic E-state index is -0.863. The molecule has 0 bridgehead atoms. The fraction of sp³-hybridized carbons (Fsp3) is 0.176. The summed E-state index contributed by atoms with van der Waals surface area (Å²) < 4.78 is 14.9. The van der Waals surface area contributed by atoms with E-state index in [2.05, 4.69) is 4.74 Å². The number of carbonyl (C=O) groups is 2. The summed E-state index contributed by atoms with van der Waals surface area (Å²) >= 11 is 11.9. The lowest BCUT2D eigenvalue weighted by Gasteiger charge is -2.10. The molecular formula is C17H13Cl2NO7. The fourth-order valence-corrected chi connectivity index (χ4v) is 2.56. The van der Waals surface area contributed by atoms with Gasteiger partial charge in [0.2, 0.25) is 0 Å². The highest BCUT2D eigenvalue weighted by Crippen LogP contribution is 2.32. The van der Waals surface area contributed by atoms with Gasteiger partial charge in [-0.05, 0) is 18.2 Å². The van der Waals surface area contributed by atoms with Crippen LogP contribution in [-0.2, 0) is 9.47 Å². The second kappa shape index (κ2) is 9.20. The second-order valence-electron chi connectivity index (χ2n) is 5.05. The number of carbonyl (C=O) groups excluding carboxylic acids is 2. The van der Waals surface area contributed by atoms with Crippen molar-refractivity contribution >= 4 is 40.8 Å². The monoisotopic (exact) mass is 413 g/mol. The normalized spacial score (nSPS) is 10.2. The van der Waals surface area contributed by atoms with Crippen LogP contribution in [0.25, 0.3) is 0 Å². The van der Waals surface area contributed by atoms with E-state index in [1.807, 2.05) is 0 Å². The molecule has 142 valence electrons. The zero-order valence-corrected chi connectivity index (χ0v) is 15.5. The summed E-state index contributed by atoms with van der Waals surface area (Å²) in [6.45, 7) is -0.218. The quantitative estimate of drug-likeness (QED) is 0.293. The molecule has 2 aromatic carbocycles. The van der Waals surface area contributed by atoms with E-state index in [0.29, 0.717) is 10.0 Å². The van der Waals surface area contributed by atoms with Gasteiger partial charge in [-0.15, -0.1) is 0 Å². The van der Waals surface area contributed by atoms with Crippen molar-refractivity contribution in [1.29, 1.82) is 0 Å². The molecule has 0 atom stereocenters. The van der Waals surface area contributed by atoms with Crippen LogP contribution >= 0.6 is 23.2 Å². The SMILES string of the molecule is COC(=O)c1cc(C(=O)OCCOc2c(Cl)cccc2Cl)cc([N+](=O)[O-])c1. The standard InChI is InChI=1S/C17H13Cl2NO7/c1-25-16(21)10-7-11(9-12(8-10)20(23)24)17(22)27-6-5-26-15-13(18)3-2-4-14(15)19/h2-4,7-9H,5-6H2,1H3. The van der Waals surface area contributed by atoms with Gasteiger partial charge < -0.3 is 14.2 Å². The molecule has 0 saturated heterocycles. The van der Waals surface area contributed by atoms with Crippen LogP contribution in [0.3, 0.4) is 0 Å². The molecule has 0 amide bonds. The maximum absolute atomic E-state index is 12.1. The Morgan fingerprint density at radius 2 is 1.63 bits per heavy atom. The molecular weight excluding hydrogens is 401 g/mol. The Morgan fingerprint density at radius 3 is 2.19 bits per heavy atom. The molecule has 0 aliphatic carbocycles. The number of ether oxygens (including phenoxy) is 3. The Kier molecular flexibility index (Phi) is 6.98. The summed E-state index contributed by atoms with van der Waals surface area (Å²) in [7, 11) is 1.12. The van der Waals surface area contributed by atoms with Crippen molar-refractivity contribution < 1.29 is 28.7 Å². The number of halogens is 2. The molecule has 0 aliphatic rings. The van der Waals surface area contributed by atoms with Crippen LogP contribution in [0, 0.1) is 10.1 Å². The van der Waals surface area contributed by atoms with Gasteiger partial charge in [0.25, 0.3) is 5.69 Å². The third-order valence-corrected chi connectivity index (χ3v) is 3.86. The lowest BCUT2D eigenvalue weighted by Crippen LogP contribution is -2.14. The Labute approximate surface area is 163 Å². The van der Waals surface area contributed by atoms with E-state index in [9.17, 15) is 19.7 Å². The van der Waals surface area contributed by atoms with Crippen LogP contribution in [0.5, 0.6) is 5.75 Å². The largest absolute Gasteiger partial charge is 0.487 e. The first-order valence-electron chi connectivity index (χ1n) is 7.45. The van der Waals surface area contributed by atoms with Crippen LogP contribution in [-0.4, -0.2) is 37.2 Å². The molecule has 0 radical (unpaired) electrons. The Bertz CT molecular complexity index is 865. The van der Waals surface area contributed by atoms with Gasteiger partial charge in [0.05, 0.1) is 33.2 Å². The molecule has 8 nitrogen and oxygen atoms in total. The highest BCUT2D eigenvalue weighted by Gasteiger charge is 2.19. The van der Waals surface area contributed by atoms with E-state index in [1.54, 1.807) is 18.2 Å². The van der Waals surface area contributed by atoms with E-state index in [4.69, 9.17) is 32.7 Å². The number of hydrogen-bond acceptors (Lipinski definition) is 7. The van der Waals surface area contributed by atoms with E-state index in [1.165, 1.54) is 0 Å². The molecule has 0 spiro atoms. The van der Waals surface area contributed by atoms with Crippen molar-refractivity contribution in [2.75, 3.05) is 20.3 Å². The number of nitrogens with zero attached hydrogens (tertiary/aromatic N) is 1. The molecule has 0 saturated carbocycles. The molecule has 0 aromatic heterocycles. The van der Waals surface area contributed by atoms with Gasteiger partial charge in [-0.3, -0.25) is 10.1 Å². The average Bonchev–Trinajstić information content (AvgIpc) is 2.65. The van der Waals surface area contributed by atoms with Gasteiger partial charge in [-0.1, -0.05) is 29.3 Å². The van der Waals surface area contributed by atoms with Gasteiger partial charge in [0, 0.05) is 12.1 Å². The van der Waals surface area contributed by atoms with Crippen molar-refractivity contribution in [1.82, 2.24) is 0 Å². The van der Waals surface area contributed by atoms with Gasteiger partial charge in [0.1, 0.15) is 13.2 Å². The Hall–Kier alpha value is -2.84. The predicted octanol–water partition coefficient (Wildman–Crippen LogP) is 3.92. The number of para-hydroxylation sites is 1. The third kappa shape index (κ3) is 5.32. The number of esters is 2. The van der Waals surface area contributed by atoms with Crippen molar-refractivity contribution in [3.05, 3.63) is 67.7 Å². The van der Waals surface area contributed by atoms with E-state index in [-0.39, 0.29) is 30.1 Å². The van der Waals surface area contributed by atoms with Gasteiger partial charge >= 0.3 is 11.9 Å². The van der Waals surface area contributed by atoms with Crippen LogP contribution < -0.4 is 4.74 Å². The molecule has 0 unspecified atom stereocenters. The maximum atomic E-state index is 12.1. The summed E-state index contributed by atoms with van der Waals surface area (Å²) in [5, 5.41) is 11.6. The number of nitro benzene ring substituents is 1. The maximum Gasteiger partial charge on any atom is 0.338 e. The summed E-state index contributed by atoms with van der Waals surface area (Å²) in [4.78, 5) is 34.0. The zero-order valence-electron chi connectivity index (χ0n) is 13.9. The third-order valence-electron chi connectivity index (χ3n) is 3.27. The number of methoxy groups -OCH3 is 1. The Balaban J connectivity index is 2.04. The molecule has 0 aliphatic heterocycles. The second-order valence-corrected chi connectivity index (χ2v) is 5.87. The first kappa shape index (κ1) is 20.5. The van der Waals surface area contributed by atoms with Crippen molar-refractivity contribution in [2.24, 2.45) is 0 Å². The summed E-state index contributed by atoms with van der Waals surface area (Å²) in [5.41, 5.74) is -0.748. The van der Waals surface area contributed by atoms with Crippen molar-refractivity contribution in [2.45, 2.75) is 0 Å². The first-order valence-corrected chi connectivity index (χ1v) is 8.20. The van der Waals surface area contributed by atoms with Gasteiger partial charge in [-0.25, -0.2) is 9.59 Å². The minimum Gasteiger partial charge on any atom is -0.487 e. The molecule has 2 aromatic rings. The van der Waals surface area contributed by atoms with Crippen LogP contribution in [0.15, 0.2) is 36.4 Å². The number of non-ortho nitro benzene ring substituents is 1. The first-order chi connectivity index (χ1) is 12.8. The zero-order chi connectivity index (χ0) is 20.0. The van der Waals surface area contributed by atoms with Crippen LogP contribution in [0.4, 0.5) is 5.69 Å². The summed E-state index contributed by atoms with van der Waals surface area (Å²) in [6, 6.07) is 7.98. The predicted molar refractivity (Wildman–Crippen MR) is 96.7 cm³/mol. The van der Waals surface area contributed by atoms with E-state index in [0.717, 1.165) is 25.3 Å². The molecule has 0 N–H and O–H groups in total. The molecule has 10 heteroatoms. The summed E-state index contributed by atoms with van der Waals surface area (Å²) in [5.74, 6) is -1.43. The van der Waals surface area contributed by atoms with Crippen molar-refractivity contribution in [3.63, 3.8) is 0 Å². The van der Waals surface area contributed by atoms with Crippen molar-refractivity contribution in [3.8, 4) is 5.75 Å². The highest BCUT2D eigenvalue weighted by molar-refractivity contribution is 6.37. The Morgan fingerprint density at radius 1 is 1.04 bits per heavy atom. The molecule has 27 heavy (non-hydrogen) atoms. The van der Waals surface area contributed by atoms with E-state index >= 15 is 0 Å². The van der Waals surface area contributed by atoms with E-state index < -0.39 is 22.5 Å².